The number of ether oxygens (including phenoxy) is 1. The molecule has 1 aliphatic rings. The smallest absolute Gasteiger partial charge is 0.242 e. The average Bonchev–Trinajstić information content (AvgIpc) is 2.42. The number of hydrogen-bond donors (Lipinski definition) is 1. The van der Waals surface area contributed by atoms with Gasteiger partial charge >= 0.3 is 0 Å². The fraction of sp³-hybridized carbons (Fsp3) is 0.533. The molecule has 1 aromatic carbocycles. The number of carbonyl (C=O) groups is 1. The molecule has 4 heteroatoms. The third kappa shape index (κ3) is 3.55. The first-order valence-corrected chi connectivity index (χ1v) is 6.70. The maximum Gasteiger partial charge on any atom is 0.242 e. The van der Waals surface area contributed by atoms with Gasteiger partial charge in [0, 0.05) is 20.1 Å². The van der Waals surface area contributed by atoms with Crippen molar-refractivity contribution < 1.29 is 9.53 Å². The van der Waals surface area contributed by atoms with Gasteiger partial charge in [-0.25, -0.2) is 0 Å². The molecule has 19 heavy (non-hydrogen) atoms. The van der Waals surface area contributed by atoms with Gasteiger partial charge in [-0.05, 0) is 25.0 Å². The topological polar surface area (TPSA) is 41.6 Å². The second-order valence-corrected chi connectivity index (χ2v) is 5.21. The van der Waals surface area contributed by atoms with Crippen molar-refractivity contribution in [3.63, 3.8) is 0 Å². The molecule has 0 saturated carbocycles. The molecule has 1 atom stereocenters. The Morgan fingerprint density at radius 1 is 1.47 bits per heavy atom. The molecule has 0 radical (unpaired) electrons. The van der Waals surface area contributed by atoms with Crippen LogP contribution >= 0.6 is 0 Å². The third-order valence-corrected chi connectivity index (χ3v) is 3.50. The zero-order valence-electron chi connectivity index (χ0n) is 11.9. The number of nitrogens with one attached hydrogen (secondary N) is 1. The highest BCUT2D eigenvalue weighted by molar-refractivity contribution is 5.81. The summed E-state index contributed by atoms with van der Waals surface area (Å²) in [4.78, 5) is 14.0. The van der Waals surface area contributed by atoms with Gasteiger partial charge in [0.05, 0.1) is 13.2 Å². The quantitative estimate of drug-likeness (QED) is 0.891. The lowest BCUT2D eigenvalue weighted by Gasteiger charge is -2.28. The van der Waals surface area contributed by atoms with Gasteiger partial charge in [-0.1, -0.05) is 23.8 Å². The van der Waals surface area contributed by atoms with Crippen molar-refractivity contribution in [1.29, 1.82) is 0 Å². The molecule has 0 bridgehead atoms. The van der Waals surface area contributed by atoms with Gasteiger partial charge in [0.15, 0.2) is 0 Å². The molecular weight excluding hydrogens is 240 g/mol. The summed E-state index contributed by atoms with van der Waals surface area (Å²) in [7, 11) is 1.85. The second kappa shape index (κ2) is 6.17. The lowest BCUT2D eigenvalue weighted by molar-refractivity contribution is -0.135. The van der Waals surface area contributed by atoms with Gasteiger partial charge in [-0.15, -0.1) is 0 Å². The summed E-state index contributed by atoms with van der Waals surface area (Å²) in [6.07, 6.45) is 0. The van der Waals surface area contributed by atoms with Crippen LogP contribution in [-0.4, -0.2) is 43.7 Å². The molecule has 1 N–H and O–H groups in total. The molecule has 1 aromatic rings. The van der Waals surface area contributed by atoms with Crippen LogP contribution in [0.3, 0.4) is 0 Å². The van der Waals surface area contributed by atoms with E-state index in [1.807, 2.05) is 7.05 Å². The Kier molecular flexibility index (Phi) is 4.56. The monoisotopic (exact) mass is 262 g/mol. The molecule has 0 spiro atoms. The standard InChI is InChI=1S/C15H22N2O2/c1-11-4-5-13(12(2)8-11)9-17(3)15(18)14-10-19-7-6-16-14/h4-5,8,14,16H,6-7,9-10H2,1-3H3. The zero-order valence-corrected chi connectivity index (χ0v) is 11.9. The highest BCUT2D eigenvalue weighted by Crippen LogP contribution is 2.13. The molecule has 104 valence electrons. The van der Waals surface area contributed by atoms with Gasteiger partial charge < -0.3 is 15.0 Å². The van der Waals surface area contributed by atoms with Crippen LogP contribution < -0.4 is 5.32 Å². The number of benzene rings is 1. The lowest BCUT2D eigenvalue weighted by atomic mass is 10.1. The molecule has 1 amide bonds. The number of amides is 1. The molecule has 2 rings (SSSR count). The first kappa shape index (κ1) is 14.0. The highest BCUT2D eigenvalue weighted by Gasteiger charge is 2.24. The van der Waals surface area contributed by atoms with Crippen LogP contribution in [0.1, 0.15) is 16.7 Å². The number of likely N-dealkylation sites (N-methyl/N-ethyl adjacent to an activating group) is 1. The SMILES string of the molecule is Cc1ccc(CN(C)C(=O)C2COCCN2)c(C)c1. The van der Waals surface area contributed by atoms with E-state index in [9.17, 15) is 4.79 Å². The highest BCUT2D eigenvalue weighted by atomic mass is 16.5. The van der Waals surface area contributed by atoms with Crippen molar-refractivity contribution in [3.05, 3.63) is 34.9 Å². The Bertz CT molecular complexity index is 453. The summed E-state index contributed by atoms with van der Waals surface area (Å²) in [6, 6.07) is 6.13. The van der Waals surface area contributed by atoms with Crippen LogP contribution in [0, 0.1) is 13.8 Å². The Morgan fingerprint density at radius 2 is 2.26 bits per heavy atom. The zero-order chi connectivity index (χ0) is 13.8. The van der Waals surface area contributed by atoms with E-state index in [1.54, 1.807) is 4.90 Å². The van der Waals surface area contributed by atoms with Gasteiger partial charge in [0.25, 0.3) is 0 Å². The van der Waals surface area contributed by atoms with Crippen LogP contribution in [-0.2, 0) is 16.1 Å². The van der Waals surface area contributed by atoms with Crippen molar-refractivity contribution >= 4 is 5.91 Å². The van der Waals surface area contributed by atoms with Crippen molar-refractivity contribution in [2.45, 2.75) is 26.4 Å². The van der Waals surface area contributed by atoms with E-state index in [4.69, 9.17) is 4.74 Å². The molecule has 1 unspecified atom stereocenters. The molecule has 0 aliphatic carbocycles. The van der Waals surface area contributed by atoms with Crippen LogP contribution in [0.5, 0.6) is 0 Å². The van der Waals surface area contributed by atoms with E-state index in [1.165, 1.54) is 16.7 Å². The summed E-state index contributed by atoms with van der Waals surface area (Å²) in [5, 5.41) is 3.19. The van der Waals surface area contributed by atoms with Gasteiger partial charge in [-0.3, -0.25) is 4.79 Å². The maximum absolute atomic E-state index is 12.3. The Labute approximate surface area is 114 Å². The minimum absolute atomic E-state index is 0.0969. The van der Waals surface area contributed by atoms with E-state index < -0.39 is 0 Å². The summed E-state index contributed by atoms with van der Waals surface area (Å²) >= 11 is 0. The number of nitrogens with zero attached hydrogens (tertiary/aromatic N) is 1. The first-order chi connectivity index (χ1) is 9.08. The van der Waals surface area contributed by atoms with Crippen LogP contribution in [0.15, 0.2) is 18.2 Å². The van der Waals surface area contributed by atoms with Crippen molar-refractivity contribution in [2.24, 2.45) is 0 Å². The number of rotatable bonds is 3. The largest absolute Gasteiger partial charge is 0.378 e. The van der Waals surface area contributed by atoms with E-state index in [-0.39, 0.29) is 11.9 Å². The Hall–Kier alpha value is -1.39. The van der Waals surface area contributed by atoms with Crippen molar-refractivity contribution in [3.8, 4) is 0 Å². The average molecular weight is 262 g/mol. The predicted octanol–water partition coefficient (Wildman–Crippen LogP) is 1.25. The van der Waals surface area contributed by atoms with Gasteiger partial charge in [0.2, 0.25) is 5.91 Å². The Balaban J connectivity index is 1.99. The van der Waals surface area contributed by atoms with Crippen molar-refractivity contribution in [1.82, 2.24) is 10.2 Å². The molecule has 4 nitrogen and oxygen atoms in total. The lowest BCUT2D eigenvalue weighted by Crippen LogP contribution is -2.51. The maximum atomic E-state index is 12.3. The molecule has 1 saturated heterocycles. The predicted molar refractivity (Wildman–Crippen MR) is 75.0 cm³/mol. The number of carbonyl (C=O) groups excluding carboxylic acids is 1. The van der Waals surface area contributed by atoms with E-state index in [0.717, 1.165) is 6.54 Å². The first-order valence-electron chi connectivity index (χ1n) is 6.70. The van der Waals surface area contributed by atoms with E-state index >= 15 is 0 Å². The third-order valence-electron chi connectivity index (χ3n) is 3.50. The van der Waals surface area contributed by atoms with Crippen LogP contribution in [0.2, 0.25) is 0 Å². The summed E-state index contributed by atoms with van der Waals surface area (Å²) in [5.74, 6) is 0.0969. The molecule has 1 aliphatic heterocycles. The Morgan fingerprint density at radius 3 is 2.89 bits per heavy atom. The molecule has 1 fully saturated rings. The fourth-order valence-corrected chi connectivity index (χ4v) is 2.35. The fourth-order valence-electron chi connectivity index (χ4n) is 2.35. The van der Waals surface area contributed by atoms with E-state index in [0.29, 0.717) is 19.8 Å². The second-order valence-electron chi connectivity index (χ2n) is 5.21. The van der Waals surface area contributed by atoms with Gasteiger partial charge in [0.1, 0.15) is 6.04 Å². The summed E-state index contributed by atoms with van der Waals surface area (Å²) < 4.78 is 5.33. The van der Waals surface area contributed by atoms with Crippen molar-refractivity contribution in [2.75, 3.05) is 26.8 Å². The van der Waals surface area contributed by atoms with Crippen LogP contribution in [0.25, 0.3) is 0 Å². The normalized spacial score (nSPS) is 19.2. The number of aryl methyl sites for hydroxylation is 2. The number of hydrogen-bond acceptors (Lipinski definition) is 3. The van der Waals surface area contributed by atoms with Crippen LogP contribution in [0.4, 0.5) is 0 Å². The number of morpholine rings is 1. The summed E-state index contributed by atoms with van der Waals surface area (Å²) in [6.45, 7) is 6.70. The molecular formula is C15H22N2O2. The minimum Gasteiger partial charge on any atom is -0.378 e. The molecule has 1 heterocycles. The van der Waals surface area contributed by atoms with Gasteiger partial charge in [-0.2, -0.15) is 0 Å². The molecule has 0 aromatic heterocycles. The summed E-state index contributed by atoms with van der Waals surface area (Å²) in [5.41, 5.74) is 3.67. The minimum atomic E-state index is -0.204. The van der Waals surface area contributed by atoms with E-state index in [2.05, 4.69) is 37.4 Å².